The highest BCUT2D eigenvalue weighted by atomic mass is 35.5. The lowest BCUT2D eigenvalue weighted by atomic mass is 10.1. The van der Waals surface area contributed by atoms with E-state index in [4.69, 9.17) is 16.1 Å². The second-order valence-corrected chi connectivity index (χ2v) is 7.12. The molecule has 1 N–H and O–H groups in total. The Kier molecular flexibility index (Phi) is 6.04. The minimum absolute atomic E-state index is 0.129. The third-order valence-corrected chi connectivity index (χ3v) is 5.09. The lowest BCUT2D eigenvalue weighted by Crippen LogP contribution is -2.11. The van der Waals surface area contributed by atoms with Crippen LogP contribution in [0.5, 0.6) is 0 Å². The van der Waals surface area contributed by atoms with Gasteiger partial charge in [0.2, 0.25) is 0 Å². The van der Waals surface area contributed by atoms with Crippen molar-refractivity contribution in [1.82, 2.24) is 0 Å². The minimum atomic E-state index is -3.93. The maximum Gasteiger partial charge on any atom is 0.360 e. The van der Waals surface area contributed by atoms with Gasteiger partial charge in [-0.3, -0.25) is 4.57 Å². The molecule has 1 atom stereocenters. The topological polar surface area (TPSA) is 46.5 Å². The first-order valence-electron chi connectivity index (χ1n) is 7.34. The largest absolute Gasteiger partial charge is 0.360 e. The molecule has 0 saturated carbocycles. The van der Waals surface area contributed by atoms with E-state index < -0.39 is 7.60 Å². The molecule has 2 aromatic carbocycles. The van der Waals surface area contributed by atoms with Crippen LogP contribution >= 0.6 is 19.2 Å². The first-order valence-corrected chi connectivity index (χ1v) is 9.30. The smallest absolute Gasteiger partial charge is 0.321 e. The second-order valence-electron chi connectivity index (χ2n) is 4.90. The van der Waals surface area contributed by atoms with Gasteiger partial charge < -0.3 is 9.42 Å². The molecule has 3 nitrogen and oxygen atoms in total. The molecule has 0 aliphatic carbocycles. The van der Waals surface area contributed by atoms with Crippen molar-refractivity contribution in [2.75, 3.05) is 6.61 Å². The molecule has 0 spiro atoms. The molecule has 23 heavy (non-hydrogen) atoms. The molecule has 0 aromatic heterocycles. The number of halogens is 1. The summed E-state index contributed by atoms with van der Waals surface area (Å²) in [5.41, 5.74) is 2.51. The van der Waals surface area contributed by atoms with Crippen LogP contribution in [0.15, 0.2) is 42.5 Å². The van der Waals surface area contributed by atoms with Crippen LogP contribution in [0.3, 0.4) is 0 Å². The van der Waals surface area contributed by atoms with Gasteiger partial charge in [-0.2, -0.15) is 0 Å². The number of aryl methyl sites for hydroxylation is 1. The van der Waals surface area contributed by atoms with E-state index in [1.807, 2.05) is 24.3 Å². The Bertz CT molecular complexity index is 788. The van der Waals surface area contributed by atoms with E-state index in [2.05, 4.69) is 18.8 Å². The molecule has 0 heterocycles. The number of benzene rings is 2. The first kappa shape index (κ1) is 17.8. The van der Waals surface area contributed by atoms with Crippen molar-refractivity contribution in [2.24, 2.45) is 0 Å². The van der Waals surface area contributed by atoms with Crippen LogP contribution in [0.4, 0.5) is 0 Å². The van der Waals surface area contributed by atoms with E-state index in [9.17, 15) is 9.46 Å². The molecule has 0 amide bonds. The molecule has 120 valence electrons. The van der Waals surface area contributed by atoms with Gasteiger partial charge in [0.1, 0.15) is 0 Å². The summed E-state index contributed by atoms with van der Waals surface area (Å²) < 4.78 is 17.3. The Morgan fingerprint density at radius 3 is 2.43 bits per heavy atom. The normalized spacial score (nSPS) is 13.0. The lowest BCUT2D eigenvalue weighted by molar-refractivity contribution is 0.284. The van der Waals surface area contributed by atoms with Gasteiger partial charge in [0.15, 0.2) is 0 Å². The van der Waals surface area contributed by atoms with Crippen molar-refractivity contribution in [3.05, 3.63) is 64.2 Å². The number of rotatable bonds is 4. The highest BCUT2D eigenvalue weighted by Gasteiger charge is 2.25. The van der Waals surface area contributed by atoms with Gasteiger partial charge in [-0.1, -0.05) is 42.5 Å². The maximum atomic E-state index is 12.3. The molecule has 0 saturated heterocycles. The zero-order valence-electron chi connectivity index (χ0n) is 13.0. The summed E-state index contributed by atoms with van der Waals surface area (Å²) >= 11 is 5.94. The summed E-state index contributed by atoms with van der Waals surface area (Å²) in [6, 6.07) is 12.6. The predicted molar refractivity (Wildman–Crippen MR) is 94.3 cm³/mol. The van der Waals surface area contributed by atoms with Gasteiger partial charge in [0.25, 0.3) is 0 Å². The molecular formula is C18H18ClO3P. The molecule has 2 aromatic rings. The Balaban J connectivity index is 2.40. The monoisotopic (exact) mass is 348 g/mol. The molecule has 0 fully saturated rings. The predicted octanol–water partition coefficient (Wildman–Crippen LogP) is 4.15. The fourth-order valence-electron chi connectivity index (χ4n) is 2.05. The molecule has 2 rings (SSSR count). The van der Waals surface area contributed by atoms with E-state index in [1.54, 1.807) is 19.1 Å². The van der Waals surface area contributed by atoms with E-state index in [0.29, 0.717) is 10.6 Å². The third-order valence-electron chi connectivity index (χ3n) is 3.27. The van der Waals surface area contributed by atoms with Gasteiger partial charge in [0, 0.05) is 16.1 Å². The van der Waals surface area contributed by atoms with Gasteiger partial charge in [-0.25, -0.2) is 0 Å². The zero-order chi connectivity index (χ0) is 16.9. The van der Waals surface area contributed by atoms with Crippen molar-refractivity contribution in [1.29, 1.82) is 0 Å². The van der Waals surface area contributed by atoms with E-state index in [0.717, 1.165) is 12.0 Å². The Labute approximate surface area is 141 Å². The Morgan fingerprint density at radius 1 is 1.13 bits per heavy atom. The summed E-state index contributed by atoms with van der Waals surface area (Å²) in [5.74, 6) is 5.94. The van der Waals surface area contributed by atoms with Gasteiger partial charge in [-0.05, 0) is 49.2 Å². The van der Waals surface area contributed by atoms with Crippen LogP contribution in [0.25, 0.3) is 0 Å². The average Bonchev–Trinajstić information content (AvgIpc) is 2.54. The van der Waals surface area contributed by atoms with Crippen molar-refractivity contribution < 1.29 is 14.0 Å². The van der Waals surface area contributed by atoms with Crippen LogP contribution in [-0.2, 0) is 15.5 Å². The molecule has 0 aliphatic heterocycles. The SMILES string of the molecule is CCOP(=O)(O)c1cc(Cl)ccc1C#Cc1ccc(CC)cc1. The number of hydrogen-bond acceptors (Lipinski definition) is 2. The molecule has 1 unspecified atom stereocenters. The molecule has 0 bridgehead atoms. The summed E-state index contributed by atoms with van der Waals surface area (Å²) in [6.07, 6.45) is 0.969. The number of hydrogen-bond donors (Lipinski definition) is 1. The van der Waals surface area contributed by atoms with E-state index in [1.165, 1.54) is 11.6 Å². The van der Waals surface area contributed by atoms with Crippen LogP contribution in [0.2, 0.25) is 5.02 Å². The van der Waals surface area contributed by atoms with Crippen LogP contribution in [0, 0.1) is 11.8 Å². The van der Waals surface area contributed by atoms with Gasteiger partial charge in [0.05, 0.1) is 11.9 Å². The van der Waals surface area contributed by atoms with Crippen molar-refractivity contribution in [3.8, 4) is 11.8 Å². The molecule has 0 radical (unpaired) electrons. The van der Waals surface area contributed by atoms with Crippen LogP contribution in [-0.4, -0.2) is 11.5 Å². The van der Waals surface area contributed by atoms with Crippen LogP contribution < -0.4 is 5.30 Å². The molecule has 0 aliphatic rings. The minimum Gasteiger partial charge on any atom is -0.321 e. The highest BCUT2D eigenvalue weighted by Crippen LogP contribution is 2.42. The molecule has 5 heteroatoms. The standard InChI is InChI=1S/C18H18ClO3P/c1-3-14-5-7-15(8-6-14)9-10-16-11-12-17(19)13-18(16)23(20,21)22-4-2/h5-8,11-13H,3-4H2,1-2H3,(H,20,21). The molecular weight excluding hydrogens is 331 g/mol. The maximum absolute atomic E-state index is 12.3. The first-order chi connectivity index (χ1) is 11.0. The third kappa shape index (κ3) is 4.70. The Hall–Kier alpha value is -1.56. The fraction of sp³-hybridized carbons (Fsp3) is 0.222. The summed E-state index contributed by atoms with van der Waals surface area (Å²) in [4.78, 5) is 10.1. The second kappa shape index (κ2) is 7.81. The fourth-order valence-corrected chi connectivity index (χ4v) is 3.53. The van der Waals surface area contributed by atoms with E-state index >= 15 is 0 Å². The van der Waals surface area contributed by atoms with Gasteiger partial charge >= 0.3 is 7.60 Å². The summed E-state index contributed by atoms with van der Waals surface area (Å²) in [7, 11) is -3.93. The van der Waals surface area contributed by atoms with E-state index in [-0.39, 0.29) is 11.9 Å². The Morgan fingerprint density at radius 2 is 1.83 bits per heavy atom. The average molecular weight is 349 g/mol. The van der Waals surface area contributed by atoms with Crippen molar-refractivity contribution in [3.63, 3.8) is 0 Å². The summed E-state index contributed by atoms with van der Waals surface area (Å²) in [5, 5.41) is 0.497. The lowest BCUT2D eigenvalue weighted by Gasteiger charge is -2.12. The highest BCUT2D eigenvalue weighted by molar-refractivity contribution is 7.61. The van der Waals surface area contributed by atoms with Crippen LogP contribution in [0.1, 0.15) is 30.5 Å². The zero-order valence-corrected chi connectivity index (χ0v) is 14.7. The quantitative estimate of drug-likeness (QED) is 0.667. The van der Waals surface area contributed by atoms with Crippen molar-refractivity contribution >= 4 is 24.5 Å². The van der Waals surface area contributed by atoms with Gasteiger partial charge in [-0.15, -0.1) is 0 Å². The van der Waals surface area contributed by atoms with Crippen molar-refractivity contribution in [2.45, 2.75) is 20.3 Å². The summed E-state index contributed by atoms with van der Waals surface area (Å²) in [6.45, 7) is 3.88.